The summed E-state index contributed by atoms with van der Waals surface area (Å²) in [7, 11) is 0. The number of aliphatic carboxylic acids is 1. The molecule has 3 amide bonds. The lowest BCUT2D eigenvalue weighted by atomic mass is 10.1. The molecule has 0 spiro atoms. The summed E-state index contributed by atoms with van der Waals surface area (Å²) < 4.78 is 0. The van der Waals surface area contributed by atoms with E-state index in [1.807, 2.05) is 0 Å². The molecule has 3 unspecified atom stereocenters. The average molecular weight is 389 g/mol. The number of nitrogens with one attached hydrogen (secondary N) is 3. The van der Waals surface area contributed by atoms with Gasteiger partial charge in [0, 0.05) is 6.54 Å². The summed E-state index contributed by atoms with van der Waals surface area (Å²) in [5.41, 5.74) is 15.4. The lowest BCUT2D eigenvalue weighted by Crippen LogP contribution is -2.56. The number of carbonyl (C=O) groups excluding carboxylic acids is 3. The van der Waals surface area contributed by atoms with Crippen molar-refractivity contribution in [3.05, 3.63) is 0 Å². The van der Waals surface area contributed by atoms with E-state index < -0.39 is 48.4 Å². The van der Waals surface area contributed by atoms with Crippen LogP contribution in [-0.4, -0.2) is 77.7 Å². The number of carboxylic acid groups (broad SMARTS) is 1. The Labute approximate surface area is 155 Å². The lowest BCUT2D eigenvalue weighted by Gasteiger charge is -2.21. The van der Waals surface area contributed by atoms with Crippen LogP contribution in [0.15, 0.2) is 4.99 Å². The number of nitrogens with two attached hydrogens (primary N) is 3. The normalized spacial score (nSPS) is 13.6. The number of amides is 3. The highest BCUT2D eigenvalue weighted by Crippen LogP contribution is 2.00. The lowest BCUT2D eigenvalue weighted by molar-refractivity contribution is -0.142. The minimum Gasteiger partial charge on any atom is -0.480 e. The number of carbonyl (C=O) groups is 4. The average Bonchev–Trinajstić information content (AvgIpc) is 2.60. The van der Waals surface area contributed by atoms with E-state index in [-0.39, 0.29) is 31.9 Å². The van der Waals surface area contributed by atoms with Crippen molar-refractivity contribution in [2.45, 2.75) is 37.9 Å². The van der Waals surface area contributed by atoms with E-state index >= 15 is 0 Å². The Balaban J connectivity index is 4.73. The fourth-order valence-electron chi connectivity index (χ4n) is 1.89. The van der Waals surface area contributed by atoms with Crippen LogP contribution in [0.5, 0.6) is 0 Å². The van der Waals surface area contributed by atoms with Crippen LogP contribution < -0.4 is 33.2 Å². The summed E-state index contributed by atoms with van der Waals surface area (Å²) >= 11 is 0. The number of hydrogen-bond donors (Lipinski definition) is 8. The van der Waals surface area contributed by atoms with Crippen molar-refractivity contribution in [1.82, 2.24) is 16.0 Å². The van der Waals surface area contributed by atoms with Crippen molar-refractivity contribution in [1.29, 1.82) is 0 Å². The molecule has 3 atom stereocenters. The first-order chi connectivity index (χ1) is 12.6. The topological polar surface area (TPSA) is 235 Å². The molecule has 0 fully saturated rings. The van der Waals surface area contributed by atoms with Crippen LogP contribution >= 0.6 is 0 Å². The van der Waals surface area contributed by atoms with Gasteiger partial charge in [-0.1, -0.05) is 0 Å². The molecular formula is C14H27N7O6. The van der Waals surface area contributed by atoms with Gasteiger partial charge in [-0.15, -0.1) is 0 Å². The van der Waals surface area contributed by atoms with Crippen LogP contribution in [0.3, 0.4) is 0 Å². The van der Waals surface area contributed by atoms with Gasteiger partial charge >= 0.3 is 5.97 Å². The first-order valence-electron chi connectivity index (χ1n) is 8.11. The predicted molar refractivity (Wildman–Crippen MR) is 95.2 cm³/mol. The molecule has 0 heterocycles. The van der Waals surface area contributed by atoms with Gasteiger partial charge in [-0.05, 0) is 19.8 Å². The van der Waals surface area contributed by atoms with Crippen LogP contribution in [0.1, 0.15) is 19.8 Å². The van der Waals surface area contributed by atoms with Crippen LogP contribution in [-0.2, 0) is 19.2 Å². The number of carboxylic acids is 1. The van der Waals surface area contributed by atoms with Gasteiger partial charge in [0.2, 0.25) is 17.7 Å². The molecule has 13 heteroatoms. The third-order valence-corrected chi connectivity index (χ3v) is 3.33. The highest BCUT2D eigenvalue weighted by atomic mass is 16.4. The molecule has 13 nitrogen and oxygen atoms in total. The zero-order valence-electron chi connectivity index (χ0n) is 15.0. The molecule has 0 aliphatic rings. The third-order valence-electron chi connectivity index (χ3n) is 3.33. The number of hydrogen-bond acceptors (Lipinski definition) is 7. The van der Waals surface area contributed by atoms with E-state index in [0.717, 1.165) is 0 Å². The van der Waals surface area contributed by atoms with Crippen molar-refractivity contribution < 1.29 is 29.4 Å². The molecular weight excluding hydrogens is 362 g/mol. The molecule has 0 rings (SSSR count). The van der Waals surface area contributed by atoms with Gasteiger partial charge in [0.1, 0.15) is 18.1 Å². The summed E-state index contributed by atoms with van der Waals surface area (Å²) in [5.74, 6) is -3.64. The minimum absolute atomic E-state index is 0.0346. The molecule has 0 aromatic carbocycles. The number of nitrogens with zero attached hydrogens (tertiary/aromatic N) is 1. The van der Waals surface area contributed by atoms with E-state index in [1.165, 1.54) is 6.92 Å². The largest absolute Gasteiger partial charge is 0.480 e. The highest BCUT2D eigenvalue weighted by Gasteiger charge is 2.27. The second kappa shape index (κ2) is 12.4. The van der Waals surface area contributed by atoms with Crippen molar-refractivity contribution in [3.8, 4) is 0 Å². The molecule has 0 aliphatic carbocycles. The molecule has 27 heavy (non-hydrogen) atoms. The van der Waals surface area contributed by atoms with Crippen molar-refractivity contribution >= 4 is 29.7 Å². The molecule has 0 radical (unpaired) electrons. The van der Waals surface area contributed by atoms with Crippen molar-refractivity contribution in [3.63, 3.8) is 0 Å². The van der Waals surface area contributed by atoms with Gasteiger partial charge < -0.3 is 43.4 Å². The van der Waals surface area contributed by atoms with Crippen molar-refractivity contribution in [2.24, 2.45) is 22.2 Å². The smallest absolute Gasteiger partial charge is 0.326 e. The molecule has 0 aromatic rings. The second-order valence-corrected chi connectivity index (χ2v) is 5.59. The van der Waals surface area contributed by atoms with E-state index in [2.05, 4.69) is 20.9 Å². The fraction of sp³-hybridized carbons (Fsp3) is 0.643. The first-order valence-corrected chi connectivity index (χ1v) is 8.11. The molecule has 0 saturated heterocycles. The minimum atomic E-state index is -1.39. The van der Waals surface area contributed by atoms with Gasteiger partial charge in [0.05, 0.1) is 13.2 Å². The molecule has 0 bridgehead atoms. The summed E-state index contributed by atoms with van der Waals surface area (Å²) in [5, 5.41) is 25.2. The quantitative estimate of drug-likeness (QED) is 0.0911. The Hall–Kier alpha value is -2.93. The molecule has 11 N–H and O–H groups in total. The van der Waals surface area contributed by atoms with Crippen LogP contribution in [0.4, 0.5) is 0 Å². The summed E-state index contributed by atoms with van der Waals surface area (Å²) in [6, 6.07) is -3.65. The van der Waals surface area contributed by atoms with E-state index in [9.17, 15) is 29.4 Å². The van der Waals surface area contributed by atoms with Gasteiger partial charge in [0.25, 0.3) is 0 Å². The van der Waals surface area contributed by atoms with E-state index in [1.54, 1.807) is 0 Å². The van der Waals surface area contributed by atoms with Gasteiger partial charge in [-0.3, -0.25) is 19.4 Å². The molecule has 154 valence electrons. The monoisotopic (exact) mass is 389 g/mol. The van der Waals surface area contributed by atoms with Gasteiger partial charge in [0.15, 0.2) is 5.96 Å². The molecule has 0 saturated carbocycles. The summed E-state index contributed by atoms with van der Waals surface area (Å²) in [6.07, 6.45) is 0.320. The maximum absolute atomic E-state index is 12.1. The Kier molecular flexibility index (Phi) is 11.1. The zero-order chi connectivity index (χ0) is 21.0. The van der Waals surface area contributed by atoms with Crippen LogP contribution in [0, 0.1) is 0 Å². The van der Waals surface area contributed by atoms with Gasteiger partial charge in [-0.2, -0.15) is 0 Å². The van der Waals surface area contributed by atoms with Crippen LogP contribution in [0.2, 0.25) is 0 Å². The molecule has 0 aliphatic heterocycles. The predicted octanol–water partition coefficient (Wildman–Crippen LogP) is -4.45. The van der Waals surface area contributed by atoms with E-state index in [0.29, 0.717) is 0 Å². The van der Waals surface area contributed by atoms with E-state index in [4.69, 9.17) is 17.2 Å². The SMILES string of the molecule is CC(NC(=O)CN)C(=O)NC(CO)C(=O)NC(CCCN=C(N)N)C(=O)O. The number of aliphatic hydroxyl groups excluding tert-OH is 1. The number of aliphatic hydroxyl groups is 1. The Morgan fingerprint density at radius 1 is 1.04 bits per heavy atom. The van der Waals surface area contributed by atoms with Crippen molar-refractivity contribution in [2.75, 3.05) is 19.7 Å². The van der Waals surface area contributed by atoms with Crippen LogP contribution in [0.25, 0.3) is 0 Å². The summed E-state index contributed by atoms with van der Waals surface area (Å²) in [4.78, 5) is 50.2. The first kappa shape index (κ1) is 24.1. The highest BCUT2D eigenvalue weighted by molar-refractivity contribution is 5.93. The second-order valence-electron chi connectivity index (χ2n) is 5.59. The summed E-state index contributed by atoms with van der Waals surface area (Å²) in [6.45, 7) is 0.455. The third kappa shape index (κ3) is 9.96. The molecule has 0 aromatic heterocycles. The number of guanidine groups is 1. The fourth-order valence-corrected chi connectivity index (χ4v) is 1.89. The number of rotatable bonds is 12. The maximum Gasteiger partial charge on any atom is 0.326 e. The van der Waals surface area contributed by atoms with Gasteiger partial charge in [-0.25, -0.2) is 4.79 Å². The Morgan fingerprint density at radius 3 is 2.11 bits per heavy atom. The Morgan fingerprint density at radius 2 is 1.63 bits per heavy atom. The Bertz CT molecular complexity index is 564. The maximum atomic E-state index is 12.1. The standard InChI is InChI=1S/C14H27N7O6/c1-7(19-10(23)5-15)11(24)21-9(6-22)12(25)20-8(13(26)27)3-2-4-18-14(16)17/h7-9,22H,2-6,15H2,1H3,(H,19,23)(H,20,25)(H,21,24)(H,26,27)(H4,16,17,18). The zero-order valence-corrected chi connectivity index (χ0v) is 15.0. The number of aliphatic imine (C=N–C) groups is 1.